The number of rotatable bonds is 0. The van der Waals surface area contributed by atoms with E-state index in [4.69, 9.17) is 4.74 Å². The van der Waals surface area contributed by atoms with E-state index >= 15 is 0 Å². The molecule has 0 aromatic heterocycles. The van der Waals surface area contributed by atoms with Crippen molar-refractivity contribution in [2.45, 2.75) is 40.5 Å². The van der Waals surface area contributed by atoms with Gasteiger partial charge in [-0.3, -0.25) is 0 Å². The van der Waals surface area contributed by atoms with E-state index in [-0.39, 0.29) is 0 Å². The summed E-state index contributed by atoms with van der Waals surface area (Å²) in [6, 6.07) is 4.41. The molecule has 1 aliphatic heterocycles. The second-order valence-electron chi connectivity index (χ2n) is 3.50. The largest absolute Gasteiger partial charge is 0.493 e. The molecule has 0 aliphatic carbocycles. The van der Waals surface area contributed by atoms with Crippen molar-refractivity contribution < 1.29 is 4.74 Å². The Morgan fingerprint density at radius 1 is 1.07 bits per heavy atom. The molecule has 0 N–H and O–H groups in total. The number of ether oxygens (including phenoxy) is 1. The third-order valence-electron chi connectivity index (χ3n) is 2.52. The van der Waals surface area contributed by atoms with Crippen LogP contribution in [0, 0.1) is 13.8 Å². The fourth-order valence-corrected chi connectivity index (χ4v) is 1.62. The average molecular weight is 192 g/mol. The molecular weight excluding hydrogens is 172 g/mol. The van der Waals surface area contributed by atoms with Gasteiger partial charge in [0.25, 0.3) is 0 Å². The quantitative estimate of drug-likeness (QED) is 0.609. The van der Waals surface area contributed by atoms with E-state index in [9.17, 15) is 0 Å². The number of hydrogen-bond donors (Lipinski definition) is 0. The first-order valence-electron chi connectivity index (χ1n) is 5.50. The molecule has 0 unspecified atom stereocenters. The van der Waals surface area contributed by atoms with Crippen LogP contribution in [-0.2, 0) is 6.42 Å². The first-order chi connectivity index (χ1) is 6.77. The maximum atomic E-state index is 5.56. The highest BCUT2D eigenvalue weighted by molar-refractivity contribution is 5.42. The zero-order chi connectivity index (χ0) is 10.6. The summed E-state index contributed by atoms with van der Waals surface area (Å²) in [5, 5.41) is 0. The highest BCUT2D eigenvalue weighted by Crippen LogP contribution is 2.27. The zero-order valence-electron chi connectivity index (χ0n) is 9.68. The lowest BCUT2D eigenvalue weighted by atomic mass is 10.0. The van der Waals surface area contributed by atoms with E-state index in [1.807, 2.05) is 13.8 Å². The topological polar surface area (TPSA) is 9.23 Å². The number of hydrogen-bond acceptors (Lipinski definition) is 1. The van der Waals surface area contributed by atoms with Crippen LogP contribution in [0.25, 0.3) is 0 Å². The van der Waals surface area contributed by atoms with Gasteiger partial charge in [-0.25, -0.2) is 0 Å². The van der Waals surface area contributed by atoms with Crippen LogP contribution in [-0.4, -0.2) is 6.61 Å². The highest BCUT2D eigenvalue weighted by atomic mass is 16.5. The van der Waals surface area contributed by atoms with Gasteiger partial charge in [-0.15, -0.1) is 0 Å². The molecule has 0 atom stereocenters. The van der Waals surface area contributed by atoms with Crippen LogP contribution in [0.15, 0.2) is 12.1 Å². The summed E-state index contributed by atoms with van der Waals surface area (Å²) in [7, 11) is 0. The van der Waals surface area contributed by atoms with E-state index in [1.165, 1.54) is 23.1 Å². The number of benzene rings is 1. The van der Waals surface area contributed by atoms with Crippen LogP contribution in [0.4, 0.5) is 0 Å². The maximum Gasteiger partial charge on any atom is 0.122 e. The van der Waals surface area contributed by atoms with E-state index in [2.05, 4.69) is 26.0 Å². The van der Waals surface area contributed by atoms with E-state index in [0.717, 1.165) is 18.8 Å². The smallest absolute Gasteiger partial charge is 0.122 e. The molecule has 14 heavy (non-hydrogen) atoms. The fraction of sp³-hybridized carbons (Fsp3) is 0.538. The van der Waals surface area contributed by atoms with E-state index < -0.39 is 0 Å². The van der Waals surface area contributed by atoms with Gasteiger partial charge in [-0.05, 0) is 49.4 Å². The molecule has 1 aliphatic rings. The van der Waals surface area contributed by atoms with Gasteiger partial charge < -0.3 is 4.74 Å². The van der Waals surface area contributed by atoms with Crippen LogP contribution in [0.5, 0.6) is 5.75 Å². The molecule has 0 saturated heterocycles. The average Bonchev–Trinajstić information content (AvgIpc) is 2.23. The Labute approximate surface area is 87.1 Å². The molecule has 1 heteroatoms. The van der Waals surface area contributed by atoms with Gasteiger partial charge in [-0.1, -0.05) is 19.9 Å². The molecule has 1 heterocycles. The molecule has 2 rings (SSSR count). The third kappa shape index (κ3) is 2.28. The summed E-state index contributed by atoms with van der Waals surface area (Å²) in [5.74, 6) is 1.10. The Balaban J connectivity index is 0.000000461. The Kier molecular flexibility index (Phi) is 3.99. The number of fused-ring (bicyclic) bond motifs is 1. The molecule has 0 radical (unpaired) electrons. The molecule has 0 spiro atoms. The summed E-state index contributed by atoms with van der Waals surface area (Å²) >= 11 is 0. The summed E-state index contributed by atoms with van der Waals surface area (Å²) in [6.45, 7) is 9.17. The maximum absolute atomic E-state index is 5.56. The molecule has 0 saturated carbocycles. The summed E-state index contributed by atoms with van der Waals surface area (Å²) in [5.41, 5.74) is 4.08. The van der Waals surface area contributed by atoms with E-state index in [1.54, 1.807) is 0 Å². The first kappa shape index (κ1) is 11.1. The van der Waals surface area contributed by atoms with Gasteiger partial charge in [-0.2, -0.15) is 0 Å². The molecule has 0 amide bonds. The van der Waals surface area contributed by atoms with Crippen molar-refractivity contribution >= 4 is 0 Å². The molecule has 0 fully saturated rings. The van der Waals surface area contributed by atoms with Gasteiger partial charge in [0, 0.05) is 0 Å². The van der Waals surface area contributed by atoms with Crippen molar-refractivity contribution in [3.8, 4) is 5.75 Å². The van der Waals surface area contributed by atoms with Crippen molar-refractivity contribution in [1.29, 1.82) is 0 Å². The molecule has 78 valence electrons. The minimum atomic E-state index is 0.884. The third-order valence-corrected chi connectivity index (χ3v) is 2.52. The van der Waals surface area contributed by atoms with Gasteiger partial charge in [0.05, 0.1) is 6.61 Å². The molecule has 1 nitrogen and oxygen atoms in total. The summed E-state index contributed by atoms with van der Waals surface area (Å²) in [6.07, 6.45) is 2.34. The minimum absolute atomic E-state index is 0.884. The second-order valence-corrected chi connectivity index (χ2v) is 3.50. The lowest BCUT2D eigenvalue weighted by Crippen LogP contribution is -2.08. The Morgan fingerprint density at radius 3 is 2.43 bits per heavy atom. The Bertz CT molecular complexity index is 271. The number of aryl methyl sites for hydroxylation is 3. The normalized spacial score (nSPS) is 13.4. The minimum Gasteiger partial charge on any atom is -0.493 e. The van der Waals surface area contributed by atoms with Gasteiger partial charge in [0.1, 0.15) is 5.75 Å². The van der Waals surface area contributed by atoms with E-state index in [0.29, 0.717) is 0 Å². The van der Waals surface area contributed by atoms with Crippen molar-refractivity contribution in [2.24, 2.45) is 0 Å². The van der Waals surface area contributed by atoms with Crippen molar-refractivity contribution in [1.82, 2.24) is 0 Å². The highest BCUT2D eigenvalue weighted by Gasteiger charge is 2.10. The van der Waals surface area contributed by atoms with Gasteiger partial charge in [0.15, 0.2) is 0 Å². The standard InChI is InChI=1S/C11H14O.C2H6/c1-8-6-10-4-3-5-12-11(10)7-9(8)2;1-2/h6-7H,3-5H2,1-2H3;1-2H3. The van der Waals surface area contributed by atoms with Crippen molar-refractivity contribution in [3.63, 3.8) is 0 Å². The molecular formula is C13H20O. The van der Waals surface area contributed by atoms with Gasteiger partial charge >= 0.3 is 0 Å². The van der Waals surface area contributed by atoms with Crippen LogP contribution in [0.2, 0.25) is 0 Å². The SMILES string of the molecule is CC.Cc1cc2c(cc1C)OCCC2. The summed E-state index contributed by atoms with van der Waals surface area (Å²) < 4.78 is 5.56. The van der Waals surface area contributed by atoms with Gasteiger partial charge in [0.2, 0.25) is 0 Å². The van der Waals surface area contributed by atoms with Crippen LogP contribution < -0.4 is 4.74 Å². The predicted molar refractivity (Wildman–Crippen MR) is 61.1 cm³/mol. The van der Waals surface area contributed by atoms with Crippen LogP contribution in [0.1, 0.15) is 37.0 Å². The fourth-order valence-electron chi connectivity index (χ4n) is 1.62. The predicted octanol–water partition coefficient (Wildman–Crippen LogP) is 3.65. The molecule has 1 aromatic rings. The first-order valence-corrected chi connectivity index (χ1v) is 5.50. The lowest BCUT2D eigenvalue weighted by molar-refractivity contribution is 0.288. The molecule has 1 aromatic carbocycles. The van der Waals surface area contributed by atoms with Crippen LogP contribution in [0.3, 0.4) is 0 Å². The van der Waals surface area contributed by atoms with Crippen molar-refractivity contribution in [3.05, 3.63) is 28.8 Å². The van der Waals surface area contributed by atoms with Crippen LogP contribution >= 0.6 is 0 Å². The Hall–Kier alpha value is -0.980. The van der Waals surface area contributed by atoms with Crippen molar-refractivity contribution in [2.75, 3.05) is 6.61 Å². The zero-order valence-corrected chi connectivity index (χ0v) is 9.68. The summed E-state index contributed by atoms with van der Waals surface area (Å²) in [4.78, 5) is 0. The lowest BCUT2D eigenvalue weighted by Gasteiger charge is -2.18. The Morgan fingerprint density at radius 2 is 1.71 bits per heavy atom. The monoisotopic (exact) mass is 192 g/mol. The molecule has 0 bridgehead atoms. The second kappa shape index (κ2) is 5.04.